The Labute approximate surface area is 87.2 Å². The van der Waals surface area contributed by atoms with E-state index in [1.807, 2.05) is 0 Å². The molecular weight excluding hydrogens is 202 g/mol. The summed E-state index contributed by atoms with van der Waals surface area (Å²) in [7, 11) is 0. The van der Waals surface area contributed by atoms with E-state index in [-0.39, 0.29) is 0 Å². The Morgan fingerprint density at radius 2 is 1.79 bits per heavy atom. The lowest BCUT2D eigenvalue weighted by molar-refractivity contribution is -0.146. The molecule has 1 rings (SSSR count). The quantitative estimate of drug-likeness (QED) is 0.446. The molecule has 0 unspecified atom stereocenters. The van der Waals surface area contributed by atoms with Gasteiger partial charge in [-0.2, -0.15) is 11.8 Å². The highest BCUT2D eigenvalue weighted by molar-refractivity contribution is 7.99. The van der Waals surface area contributed by atoms with Gasteiger partial charge in [-0.25, -0.2) is 0 Å². The molecular formula is C8H15N3O2S. The van der Waals surface area contributed by atoms with Crippen LogP contribution in [0.1, 0.15) is 6.92 Å². The van der Waals surface area contributed by atoms with Crippen LogP contribution in [0.15, 0.2) is 0 Å². The number of ketones is 1. The van der Waals surface area contributed by atoms with E-state index in [9.17, 15) is 9.59 Å². The van der Waals surface area contributed by atoms with Gasteiger partial charge in [-0.05, 0) is 6.92 Å². The van der Waals surface area contributed by atoms with Crippen LogP contribution in [-0.2, 0) is 9.59 Å². The maximum atomic E-state index is 11.6. The number of nitrogens with two attached hydrogens (primary N) is 2. The van der Waals surface area contributed by atoms with Crippen molar-refractivity contribution < 1.29 is 9.59 Å². The van der Waals surface area contributed by atoms with Gasteiger partial charge in [0.1, 0.15) is 5.66 Å². The zero-order valence-corrected chi connectivity index (χ0v) is 8.97. The Bertz CT molecular complexity index is 243. The smallest absolute Gasteiger partial charge is 0.293 e. The molecule has 0 radical (unpaired) electrons. The third-order valence-corrected chi connectivity index (χ3v) is 2.92. The molecule has 1 amide bonds. The van der Waals surface area contributed by atoms with Crippen molar-refractivity contribution in [2.75, 3.05) is 24.6 Å². The third-order valence-electron chi connectivity index (χ3n) is 1.98. The monoisotopic (exact) mass is 217 g/mol. The van der Waals surface area contributed by atoms with Gasteiger partial charge >= 0.3 is 0 Å². The number of carbonyl (C=O) groups excluding carboxylic acids is 2. The Kier molecular flexibility index (Phi) is 3.52. The Morgan fingerprint density at radius 3 is 2.21 bits per heavy atom. The summed E-state index contributed by atoms with van der Waals surface area (Å²) in [5, 5.41) is 0. The van der Waals surface area contributed by atoms with Gasteiger partial charge < -0.3 is 16.4 Å². The van der Waals surface area contributed by atoms with E-state index in [0.29, 0.717) is 13.1 Å². The summed E-state index contributed by atoms with van der Waals surface area (Å²) in [6.07, 6.45) is 0. The number of rotatable bonds is 2. The van der Waals surface area contributed by atoms with E-state index in [2.05, 4.69) is 0 Å². The van der Waals surface area contributed by atoms with Crippen LogP contribution in [-0.4, -0.2) is 46.8 Å². The van der Waals surface area contributed by atoms with Gasteiger partial charge in [0.15, 0.2) is 0 Å². The standard InChI is InChI=1S/C8H15N3O2S/c1-8(9,10)6(12)7(13)11-2-4-14-5-3-11/h2-5,9-10H2,1H3. The second-order valence-electron chi connectivity index (χ2n) is 3.52. The van der Waals surface area contributed by atoms with Crippen molar-refractivity contribution in [3.05, 3.63) is 0 Å². The van der Waals surface area contributed by atoms with Crippen LogP contribution in [0.25, 0.3) is 0 Å². The van der Waals surface area contributed by atoms with Crippen molar-refractivity contribution in [1.82, 2.24) is 4.90 Å². The molecule has 6 heteroatoms. The van der Waals surface area contributed by atoms with Gasteiger partial charge in [-0.3, -0.25) is 9.59 Å². The molecule has 0 saturated carbocycles. The molecule has 0 atom stereocenters. The molecule has 80 valence electrons. The summed E-state index contributed by atoms with van der Waals surface area (Å²) in [5.74, 6) is 0.456. The normalized spacial score (nSPS) is 18.1. The zero-order valence-electron chi connectivity index (χ0n) is 8.16. The predicted octanol–water partition coefficient (Wildman–Crippen LogP) is -1.24. The zero-order chi connectivity index (χ0) is 10.8. The topological polar surface area (TPSA) is 89.4 Å². The molecule has 0 aromatic carbocycles. The number of amides is 1. The van der Waals surface area contributed by atoms with Gasteiger partial charge in [0.05, 0.1) is 0 Å². The Morgan fingerprint density at radius 1 is 1.29 bits per heavy atom. The minimum absolute atomic E-state index is 0.558. The van der Waals surface area contributed by atoms with Crippen LogP contribution in [0.5, 0.6) is 0 Å². The molecule has 1 aliphatic rings. The highest BCUT2D eigenvalue weighted by Crippen LogP contribution is 2.10. The summed E-state index contributed by atoms with van der Waals surface area (Å²) >= 11 is 1.77. The average Bonchev–Trinajstić information content (AvgIpc) is 2.15. The first-order valence-corrected chi connectivity index (χ1v) is 5.57. The molecule has 0 aromatic rings. The van der Waals surface area contributed by atoms with Crippen LogP contribution < -0.4 is 11.5 Å². The van der Waals surface area contributed by atoms with Crippen molar-refractivity contribution in [3.8, 4) is 0 Å². The molecule has 0 aromatic heterocycles. The first kappa shape index (κ1) is 11.5. The predicted molar refractivity (Wildman–Crippen MR) is 55.7 cm³/mol. The van der Waals surface area contributed by atoms with E-state index in [1.165, 1.54) is 11.8 Å². The number of thioether (sulfide) groups is 1. The molecule has 1 fully saturated rings. The summed E-state index contributed by atoms with van der Waals surface area (Å²) in [5.41, 5.74) is 9.17. The fraction of sp³-hybridized carbons (Fsp3) is 0.750. The summed E-state index contributed by atoms with van der Waals surface area (Å²) in [6.45, 7) is 2.54. The van der Waals surface area contributed by atoms with Crippen LogP contribution in [0.3, 0.4) is 0 Å². The third kappa shape index (κ3) is 2.70. The summed E-state index contributed by atoms with van der Waals surface area (Å²) < 4.78 is 0. The Hall–Kier alpha value is -0.590. The van der Waals surface area contributed by atoms with Gasteiger partial charge in [0.2, 0.25) is 0 Å². The number of nitrogens with zero attached hydrogens (tertiary/aromatic N) is 1. The van der Waals surface area contributed by atoms with Gasteiger partial charge in [-0.1, -0.05) is 0 Å². The molecule has 5 nitrogen and oxygen atoms in total. The van der Waals surface area contributed by atoms with Crippen molar-refractivity contribution in [3.63, 3.8) is 0 Å². The van der Waals surface area contributed by atoms with Gasteiger partial charge in [-0.15, -0.1) is 0 Å². The SMILES string of the molecule is CC(N)(N)C(=O)C(=O)N1CCSCC1. The molecule has 0 aliphatic carbocycles. The van der Waals surface area contributed by atoms with Gasteiger partial charge in [0, 0.05) is 24.6 Å². The first-order chi connectivity index (χ1) is 6.43. The molecule has 0 bridgehead atoms. The number of Topliss-reactive ketones (excluding diaryl/α,β-unsaturated/α-hetero) is 1. The van der Waals surface area contributed by atoms with Crippen molar-refractivity contribution in [2.24, 2.45) is 11.5 Å². The van der Waals surface area contributed by atoms with Crippen LogP contribution in [0.4, 0.5) is 0 Å². The number of hydrogen-bond acceptors (Lipinski definition) is 5. The molecule has 14 heavy (non-hydrogen) atoms. The molecule has 1 saturated heterocycles. The molecule has 1 heterocycles. The van der Waals surface area contributed by atoms with E-state index in [0.717, 1.165) is 11.5 Å². The van der Waals surface area contributed by atoms with E-state index in [1.54, 1.807) is 11.8 Å². The lowest BCUT2D eigenvalue weighted by atomic mass is 10.1. The maximum absolute atomic E-state index is 11.6. The maximum Gasteiger partial charge on any atom is 0.293 e. The van der Waals surface area contributed by atoms with Crippen LogP contribution in [0, 0.1) is 0 Å². The van der Waals surface area contributed by atoms with E-state index < -0.39 is 17.4 Å². The van der Waals surface area contributed by atoms with Crippen molar-refractivity contribution in [1.29, 1.82) is 0 Å². The summed E-state index contributed by atoms with van der Waals surface area (Å²) in [6, 6.07) is 0. The number of hydrogen-bond donors (Lipinski definition) is 2. The highest BCUT2D eigenvalue weighted by Gasteiger charge is 2.33. The molecule has 0 spiro atoms. The second-order valence-corrected chi connectivity index (χ2v) is 4.74. The minimum Gasteiger partial charge on any atom is -0.334 e. The Balaban J connectivity index is 2.60. The average molecular weight is 217 g/mol. The highest BCUT2D eigenvalue weighted by atomic mass is 32.2. The van der Waals surface area contributed by atoms with Crippen molar-refractivity contribution in [2.45, 2.75) is 12.6 Å². The van der Waals surface area contributed by atoms with Crippen molar-refractivity contribution >= 4 is 23.5 Å². The fourth-order valence-corrected chi connectivity index (χ4v) is 2.04. The molecule has 1 aliphatic heterocycles. The lowest BCUT2D eigenvalue weighted by Gasteiger charge is -2.28. The first-order valence-electron chi connectivity index (χ1n) is 4.42. The van der Waals surface area contributed by atoms with Crippen LogP contribution in [0.2, 0.25) is 0 Å². The summed E-state index contributed by atoms with van der Waals surface area (Å²) in [4.78, 5) is 24.5. The largest absolute Gasteiger partial charge is 0.334 e. The number of carbonyl (C=O) groups is 2. The molecule has 4 N–H and O–H groups in total. The van der Waals surface area contributed by atoms with E-state index in [4.69, 9.17) is 11.5 Å². The van der Waals surface area contributed by atoms with E-state index >= 15 is 0 Å². The second kappa shape index (κ2) is 4.29. The lowest BCUT2D eigenvalue weighted by Crippen LogP contribution is -2.59. The van der Waals surface area contributed by atoms with Gasteiger partial charge in [0.25, 0.3) is 11.7 Å². The fourth-order valence-electron chi connectivity index (χ4n) is 1.14. The van der Waals surface area contributed by atoms with Crippen LogP contribution >= 0.6 is 11.8 Å². The minimum atomic E-state index is -1.55.